The Bertz CT molecular complexity index is 798. The van der Waals surface area contributed by atoms with Crippen LogP contribution in [0.5, 0.6) is 0 Å². The summed E-state index contributed by atoms with van der Waals surface area (Å²) < 4.78 is 17.6. The lowest BCUT2D eigenvalue weighted by atomic mass is 9.42. The molecule has 4 N–H and O–H groups in total. The Morgan fingerprint density at radius 2 is 1.66 bits per heavy atom. The van der Waals surface area contributed by atoms with Gasteiger partial charge in [-0.25, -0.2) is 0 Å². The molecule has 0 radical (unpaired) electrons. The number of hydrogen-bond acceptors (Lipinski definition) is 8. The first-order valence-electron chi connectivity index (χ1n) is 12.3. The van der Waals surface area contributed by atoms with Crippen molar-refractivity contribution in [3.8, 4) is 0 Å². The summed E-state index contributed by atoms with van der Waals surface area (Å²) in [7, 11) is 4.98. The Kier molecular flexibility index (Phi) is 4.62. The zero-order chi connectivity index (χ0) is 22.8. The normalized spacial score (nSPS) is 62.4. The largest absolute Gasteiger partial charge is 0.392 e. The Morgan fingerprint density at radius 3 is 2.28 bits per heavy atom. The minimum Gasteiger partial charge on any atom is -0.392 e. The minimum atomic E-state index is -1.38. The van der Waals surface area contributed by atoms with E-state index in [2.05, 4.69) is 11.8 Å². The van der Waals surface area contributed by atoms with Crippen LogP contribution >= 0.6 is 0 Å². The van der Waals surface area contributed by atoms with Crippen LogP contribution in [0.1, 0.15) is 32.6 Å². The SMILES string of the molecule is CCN1C[C@@]2(COC)[C@@H](O)C[C@H](OC)[C@@]34[C@@H]1[C@@H](C[C@@H]23)[C@]1(O)C[C@@H](OC)[C@]2(O)C[C@H]4[C@H]1[C@H]2O. The molecule has 0 aromatic carbocycles. The van der Waals surface area contributed by atoms with Crippen molar-refractivity contribution in [3.63, 3.8) is 0 Å². The number of fused-ring (bicyclic) bond motifs is 2. The molecule has 6 fully saturated rings. The van der Waals surface area contributed by atoms with Crippen LogP contribution < -0.4 is 0 Å². The van der Waals surface area contributed by atoms with Gasteiger partial charge in [0.1, 0.15) is 5.60 Å². The van der Waals surface area contributed by atoms with Crippen molar-refractivity contribution < 1.29 is 34.6 Å². The molecule has 1 aliphatic heterocycles. The number of methoxy groups -OCH3 is 3. The monoisotopic (exact) mass is 453 g/mol. The van der Waals surface area contributed by atoms with Crippen LogP contribution in [-0.4, -0.2) is 108 Å². The first kappa shape index (κ1) is 22.2. The van der Waals surface area contributed by atoms with Gasteiger partial charge in [-0.05, 0) is 31.2 Å². The number of rotatable bonds is 5. The Balaban J connectivity index is 1.61. The third-order valence-corrected chi connectivity index (χ3v) is 11.4. The number of piperidine rings is 1. The number of likely N-dealkylation sites (tertiary alicyclic amines) is 1. The molecular formula is C24H39NO7. The standard InChI is InChI=1S/C24H39NO7/c1-5-25-10-21(11-30-2)14-6-12-19(25)24(14,16(31-3)7-15(21)26)13-8-23(29)17(32-4)9-22(12,28)18(13)20(23)27/h12-20,26-29H,5-11H2,1-4H3/t12-,13+,14+,15+,16+,17-,18+,19+,20-,21+,22-,23-,24+/m1/s1. The smallest absolute Gasteiger partial charge is 0.117 e. The zero-order valence-electron chi connectivity index (χ0n) is 19.6. The molecule has 1 spiro atoms. The van der Waals surface area contributed by atoms with Crippen LogP contribution in [0.3, 0.4) is 0 Å². The maximum Gasteiger partial charge on any atom is 0.117 e. The second-order valence-corrected chi connectivity index (χ2v) is 11.7. The Hall–Kier alpha value is -0.320. The molecule has 6 aliphatic rings. The number of aliphatic hydroxyl groups is 4. The predicted molar refractivity (Wildman–Crippen MR) is 114 cm³/mol. The summed E-state index contributed by atoms with van der Waals surface area (Å²) in [6.45, 7) is 4.13. The molecular weight excluding hydrogens is 414 g/mol. The molecule has 0 aromatic heterocycles. The van der Waals surface area contributed by atoms with Crippen molar-refractivity contribution in [1.82, 2.24) is 4.90 Å². The van der Waals surface area contributed by atoms with Crippen LogP contribution in [0, 0.1) is 34.5 Å². The second kappa shape index (κ2) is 6.66. The highest BCUT2D eigenvalue weighted by Crippen LogP contribution is 2.79. The van der Waals surface area contributed by atoms with Gasteiger partial charge in [-0.3, -0.25) is 4.90 Å². The molecule has 182 valence electrons. The van der Waals surface area contributed by atoms with Gasteiger partial charge in [0, 0.05) is 69.4 Å². The van der Waals surface area contributed by atoms with Gasteiger partial charge < -0.3 is 34.6 Å². The fraction of sp³-hybridized carbons (Fsp3) is 1.00. The molecule has 0 amide bonds. The van der Waals surface area contributed by atoms with Crippen molar-refractivity contribution in [3.05, 3.63) is 0 Å². The van der Waals surface area contributed by atoms with Gasteiger partial charge in [-0.2, -0.15) is 0 Å². The predicted octanol–water partition coefficient (Wildman–Crippen LogP) is -0.383. The summed E-state index contributed by atoms with van der Waals surface area (Å²) in [5.74, 6) is -0.526. The van der Waals surface area contributed by atoms with Gasteiger partial charge in [0.25, 0.3) is 0 Å². The van der Waals surface area contributed by atoms with E-state index in [9.17, 15) is 20.4 Å². The lowest BCUT2D eigenvalue weighted by Gasteiger charge is -2.70. The summed E-state index contributed by atoms with van der Waals surface area (Å²) >= 11 is 0. The Morgan fingerprint density at radius 1 is 0.938 bits per heavy atom. The quantitative estimate of drug-likeness (QED) is 0.446. The van der Waals surface area contributed by atoms with Crippen LogP contribution in [-0.2, 0) is 14.2 Å². The van der Waals surface area contributed by atoms with E-state index in [0.717, 1.165) is 19.5 Å². The molecule has 0 aromatic rings. The van der Waals surface area contributed by atoms with Crippen LogP contribution in [0.2, 0.25) is 0 Å². The second-order valence-electron chi connectivity index (χ2n) is 11.7. The van der Waals surface area contributed by atoms with E-state index >= 15 is 0 Å². The van der Waals surface area contributed by atoms with Gasteiger partial charge in [0.05, 0.1) is 36.6 Å². The van der Waals surface area contributed by atoms with Crippen molar-refractivity contribution >= 4 is 0 Å². The summed E-state index contributed by atoms with van der Waals surface area (Å²) in [4.78, 5) is 2.44. The zero-order valence-corrected chi connectivity index (χ0v) is 19.6. The summed E-state index contributed by atoms with van der Waals surface area (Å²) in [5, 5.41) is 47.0. The third-order valence-electron chi connectivity index (χ3n) is 11.4. The number of nitrogens with zero attached hydrogens (tertiary/aromatic N) is 1. The number of aliphatic hydroxyl groups excluding tert-OH is 2. The molecule has 7 bridgehead atoms. The van der Waals surface area contributed by atoms with Crippen LogP contribution in [0.15, 0.2) is 0 Å². The van der Waals surface area contributed by atoms with Gasteiger partial charge in [0.15, 0.2) is 0 Å². The van der Waals surface area contributed by atoms with E-state index in [4.69, 9.17) is 14.2 Å². The van der Waals surface area contributed by atoms with Gasteiger partial charge >= 0.3 is 0 Å². The van der Waals surface area contributed by atoms with Gasteiger partial charge in [0.2, 0.25) is 0 Å². The van der Waals surface area contributed by atoms with Gasteiger partial charge in [-0.1, -0.05) is 6.92 Å². The lowest BCUT2D eigenvalue weighted by molar-refractivity contribution is -0.298. The average molecular weight is 454 g/mol. The number of ether oxygens (including phenoxy) is 3. The topological polar surface area (TPSA) is 112 Å². The first-order valence-corrected chi connectivity index (χ1v) is 12.3. The minimum absolute atomic E-state index is 0.0784. The van der Waals surface area contributed by atoms with E-state index in [1.54, 1.807) is 21.3 Å². The van der Waals surface area contributed by atoms with Crippen molar-refractivity contribution in [2.45, 2.75) is 74.3 Å². The maximum atomic E-state index is 12.4. The van der Waals surface area contributed by atoms with E-state index in [1.165, 1.54) is 0 Å². The third kappa shape index (κ3) is 2.07. The summed E-state index contributed by atoms with van der Waals surface area (Å²) in [6, 6.07) is 0.0799. The average Bonchev–Trinajstić information content (AvgIpc) is 3.14. The molecule has 1 saturated heterocycles. The van der Waals surface area contributed by atoms with E-state index in [0.29, 0.717) is 25.9 Å². The maximum absolute atomic E-state index is 12.4. The fourth-order valence-corrected chi connectivity index (χ4v) is 10.6. The molecule has 32 heavy (non-hydrogen) atoms. The summed E-state index contributed by atoms with van der Waals surface area (Å²) in [6.07, 6.45) is -0.411. The van der Waals surface area contributed by atoms with Gasteiger partial charge in [-0.15, -0.1) is 0 Å². The first-order chi connectivity index (χ1) is 15.2. The van der Waals surface area contributed by atoms with Crippen molar-refractivity contribution in [2.24, 2.45) is 34.5 Å². The van der Waals surface area contributed by atoms with Crippen LogP contribution in [0.4, 0.5) is 0 Å². The lowest BCUT2D eigenvalue weighted by Crippen LogP contribution is -2.78. The molecule has 5 saturated carbocycles. The van der Waals surface area contributed by atoms with Crippen LogP contribution in [0.25, 0.3) is 0 Å². The van der Waals surface area contributed by atoms with E-state index in [1.807, 2.05) is 0 Å². The Labute approximate surface area is 189 Å². The van der Waals surface area contributed by atoms with Crippen molar-refractivity contribution in [2.75, 3.05) is 41.0 Å². The van der Waals surface area contributed by atoms with E-state index in [-0.39, 0.29) is 35.3 Å². The number of hydrogen-bond donors (Lipinski definition) is 4. The molecule has 13 atom stereocenters. The fourth-order valence-electron chi connectivity index (χ4n) is 10.6. The highest BCUT2D eigenvalue weighted by atomic mass is 16.5. The molecule has 5 aliphatic carbocycles. The highest BCUT2D eigenvalue weighted by Gasteiger charge is 2.86. The molecule has 6 rings (SSSR count). The molecule has 0 unspecified atom stereocenters. The molecule has 1 heterocycles. The summed E-state index contributed by atoms with van der Waals surface area (Å²) in [5.41, 5.74) is -3.32. The van der Waals surface area contributed by atoms with Crippen molar-refractivity contribution in [1.29, 1.82) is 0 Å². The van der Waals surface area contributed by atoms with E-state index < -0.39 is 40.8 Å². The highest BCUT2D eigenvalue weighted by molar-refractivity contribution is 5.36. The molecule has 8 heteroatoms. The molecule has 8 nitrogen and oxygen atoms in total.